The fourth-order valence-electron chi connectivity index (χ4n) is 2.82. The fourth-order valence-corrected chi connectivity index (χ4v) is 2.82. The normalized spacial score (nSPS) is 17.6. The summed E-state index contributed by atoms with van der Waals surface area (Å²) in [5, 5.41) is 0. The Balaban J connectivity index is 1.82. The van der Waals surface area contributed by atoms with Crippen LogP contribution in [0.3, 0.4) is 0 Å². The number of carbonyl (C=O) groups excluding carboxylic acids is 1. The topological polar surface area (TPSA) is 34.2 Å². The maximum absolute atomic E-state index is 14.5. The third kappa shape index (κ3) is 1.97. The van der Waals surface area contributed by atoms with Crippen LogP contribution in [0.15, 0.2) is 60.4 Å². The van der Waals surface area contributed by atoms with Crippen molar-refractivity contribution in [3.05, 3.63) is 71.7 Å². The Kier molecular flexibility index (Phi) is 2.84. The lowest BCUT2D eigenvalue weighted by atomic mass is 9.91. The second-order valence-electron chi connectivity index (χ2n) is 5.31. The average molecular weight is 312 g/mol. The van der Waals surface area contributed by atoms with Crippen molar-refractivity contribution in [2.75, 3.05) is 0 Å². The molecule has 1 aromatic heterocycles. The van der Waals surface area contributed by atoms with Crippen LogP contribution in [-0.2, 0) is 0 Å². The van der Waals surface area contributed by atoms with Crippen LogP contribution in [0.5, 0.6) is 5.75 Å². The van der Waals surface area contributed by atoms with Gasteiger partial charge in [-0.15, -0.1) is 0 Å². The number of rotatable bonds is 3. The van der Waals surface area contributed by atoms with Crippen LogP contribution in [0.1, 0.15) is 16.1 Å². The number of ether oxygens (including phenoxy) is 1. The number of fused-ring (bicyclic) bond motifs is 2. The Morgan fingerprint density at radius 3 is 2.70 bits per heavy atom. The number of hydrogen-bond acceptors (Lipinski definition) is 2. The van der Waals surface area contributed by atoms with Gasteiger partial charge in [-0.1, -0.05) is 0 Å². The van der Waals surface area contributed by atoms with E-state index in [0.717, 1.165) is 15.3 Å². The van der Waals surface area contributed by atoms with Gasteiger partial charge >= 0.3 is 6.97 Å². The highest BCUT2D eigenvalue weighted by molar-refractivity contribution is 6.57. The van der Waals surface area contributed by atoms with E-state index in [1.807, 2.05) is 0 Å². The first-order valence-electron chi connectivity index (χ1n) is 7.08. The number of aldehydes is 1. The fraction of sp³-hybridized carbons (Fsp3) is 0. The molecular weight excluding hydrogens is 301 g/mol. The van der Waals surface area contributed by atoms with Crippen LogP contribution >= 0.6 is 0 Å². The van der Waals surface area contributed by atoms with Gasteiger partial charge < -0.3 is 22.3 Å². The first kappa shape index (κ1) is 13.7. The van der Waals surface area contributed by atoms with Crippen molar-refractivity contribution in [3.8, 4) is 5.75 Å². The number of allylic oxidation sites excluding steroid dienone is 2. The summed E-state index contributed by atoms with van der Waals surface area (Å²) in [4.78, 5) is 10.7. The standard InChI is InChI=1S/C16H11BF2N2O2/c18-17(19)20-9-1-3-14(20)16(15-4-2-10-21(15)17)23-13-7-5-12(11-22)6-8-13/h1-11H. The zero-order chi connectivity index (χ0) is 16.0. The van der Waals surface area contributed by atoms with E-state index < -0.39 is 6.97 Å². The van der Waals surface area contributed by atoms with Gasteiger partial charge in [0, 0.05) is 17.7 Å². The molecule has 0 saturated heterocycles. The van der Waals surface area contributed by atoms with Gasteiger partial charge in [0.15, 0.2) is 0 Å². The number of hydrogen-bond donors (Lipinski definition) is 0. The molecule has 0 fully saturated rings. The maximum atomic E-state index is 14.5. The molecule has 2 aliphatic rings. The van der Waals surface area contributed by atoms with Gasteiger partial charge in [-0.25, -0.2) is 0 Å². The van der Waals surface area contributed by atoms with E-state index in [0.29, 0.717) is 28.5 Å². The molecule has 3 heterocycles. The van der Waals surface area contributed by atoms with E-state index in [1.165, 1.54) is 12.4 Å². The highest BCUT2D eigenvalue weighted by Gasteiger charge is 2.52. The summed E-state index contributed by atoms with van der Waals surface area (Å²) in [5.74, 6) is 0.829. The Hall–Kier alpha value is -2.96. The number of nitrogens with zero attached hydrogens (tertiary/aromatic N) is 2. The molecule has 0 radical (unpaired) electrons. The molecule has 4 rings (SSSR count). The van der Waals surface area contributed by atoms with Crippen LogP contribution in [-0.4, -0.2) is 28.4 Å². The lowest BCUT2D eigenvalue weighted by molar-refractivity contribution is -0.357. The van der Waals surface area contributed by atoms with Gasteiger partial charge in [-0.3, -0.25) is 4.79 Å². The van der Waals surface area contributed by atoms with Crippen LogP contribution < -0.4 is 4.74 Å². The van der Waals surface area contributed by atoms with Crippen molar-refractivity contribution < 1.29 is 22.6 Å². The van der Waals surface area contributed by atoms with E-state index in [9.17, 15) is 13.4 Å². The minimum Gasteiger partial charge on any atom is -0.448 e. The van der Waals surface area contributed by atoms with Gasteiger partial charge in [0.05, 0.1) is 5.69 Å². The van der Waals surface area contributed by atoms with Crippen molar-refractivity contribution >= 4 is 25.2 Å². The quantitative estimate of drug-likeness (QED) is 0.645. The summed E-state index contributed by atoms with van der Waals surface area (Å²) in [5.41, 5.74) is 1.16. The molecule has 0 bridgehead atoms. The minimum absolute atomic E-state index is 0.320. The van der Waals surface area contributed by atoms with Gasteiger partial charge in [0.25, 0.3) is 0 Å². The molecule has 0 saturated carbocycles. The van der Waals surface area contributed by atoms with Gasteiger partial charge in [-0.05, 0) is 42.6 Å². The summed E-state index contributed by atoms with van der Waals surface area (Å²) >= 11 is 0. The van der Waals surface area contributed by atoms with Gasteiger partial charge in [0.1, 0.15) is 18.3 Å². The Labute approximate surface area is 130 Å². The van der Waals surface area contributed by atoms with E-state index in [2.05, 4.69) is 0 Å². The second-order valence-corrected chi connectivity index (χ2v) is 5.31. The predicted molar refractivity (Wildman–Crippen MR) is 82.6 cm³/mol. The highest BCUT2D eigenvalue weighted by Crippen LogP contribution is 2.35. The molecule has 0 spiro atoms. The zero-order valence-corrected chi connectivity index (χ0v) is 11.9. The molecule has 2 aliphatic heterocycles. The molecular formula is C16H11BF2N2O2. The van der Waals surface area contributed by atoms with Crippen LogP contribution in [0.4, 0.5) is 8.63 Å². The van der Waals surface area contributed by atoms with E-state index in [4.69, 9.17) is 4.74 Å². The molecule has 0 amide bonds. The summed E-state index contributed by atoms with van der Waals surface area (Å²) in [6.07, 6.45) is 6.59. The van der Waals surface area contributed by atoms with E-state index in [-0.39, 0.29) is 0 Å². The third-order valence-electron chi connectivity index (χ3n) is 3.93. The van der Waals surface area contributed by atoms with Crippen molar-refractivity contribution in [2.24, 2.45) is 0 Å². The minimum atomic E-state index is -3.92. The lowest BCUT2D eigenvalue weighted by Gasteiger charge is -2.30. The summed E-state index contributed by atoms with van der Waals surface area (Å²) in [7, 11) is 0. The first-order chi connectivity index (χ1) is 11.1. The molecule has 0 N–H and O–H groups in total. The molecule has 1 aromatic carbocycles. The van der Waals surface area contributed by atoms with Crippen LogP contribution in [0, 0.1) is 0 Å². The van der Waals surface area contributed by atoms with Crippen molar-refractivity contribution in [3.63, 3.8) is 0 Å². The lowest BCUT2D eigenvalue weighted by Crippen LogP contribution is -2.49. The first-order valence-corrected chi connectivity index (χ1v) is 7.08. The van der Waals surface area contributed by atoms with Gasteiger partial charge in [-0.2, -0.15) is 0 Å². The Bertz CT molecular complexity index is 895. The Morgan fingerprint density at radius 2 is 1.96 bits per heavy atom. The number of carbonyl (C=O) groups is 1. The highest BCUT2D eigenvalue weighted by atomic mass is 19.2. The summed E-state index contributed by atoms with van der Waals surface area (Å²) in [6, 6.07) is 9.66. The van der Waals surface area contributed by atoms with E-state index in [1.54, 1.807) is 48.6 Å². The molecule has 4 nitrogen and oxygen atoms in total. The molecule has 2 aromatic rings. The third-order valence-corrected chi connectivity index (χ3v) is 3.93. The summed E-state index contributed by atoms with van der Waals surface area (Å²) < 4.78 is 36.8. The Morgan fingerprint density at radius 1 is 1.17 bits per heavy atom. The largest absolute Gasteiger partial charge is 0.737 e. The maximum Gasteiger partial charge on any atom is 0.737 e. The molecule has 0 unspecified atom stereocenters. The predicted octanol–water partition coefficient (Wildman–Crippen LogP) is 2.94. The smallest absolute Gasteiger partial charge is 0.448 e. The number of halogens is 2. The van der Waals surface area contributed by atoms with Crippen molar-refractivity contribution in [2.45, 2.75) is 0 Å². The second kappa shape index (κ2) is 4.77. The molecule has 7 heteroatoms. The van der Waals surface area contributed by atoms with E-state index >= 15 is 0 Å². The van der Waals surface area contributed by atoms with Crippen LogP contribution in [0.25, 0.3) is 5.76 Å². The average Bonchev–Trinajstić information content (AvgIpc) is 3.22. The monoisotopic (exact) mass is 312 g/mol. The van der Waals surface area contributed by atoms with Crippen molar-refractivity contribution in [1.29, 1.82) is 0 Å². The SMILES string of the molecule is O=Cc1ccc(OC2=C3C=CC=[N+]3[B-](F)(F)n3cccc32)cc1. The molecule has 114 valence electrons. The molecule has 23 heavy (non-hydrogen) atoms. The van der Waals surface area contributed by atoms with Crippen molar-refractivity contribution in [1.82, 2.24) is 4.48 Å². The molecule has 0 aliphatic carbocycles. The number of aromatic nitrogens is 1. The number of benzene rings is 1. The van der Waals surface area contributed by atoms with Gasteiger partial charge in [0.2, 0.25) is 11.5 Å². The zero-order valence-electron chi connectivity index (χ0n) is 11.9. The molecule has 0 atom stereocenters. The van der Waals surface area contributed by atoms with Crippen LogP contribution in [0.2, 0.25) is 0 Å². The summed E-state index contributed by atoms with van der Waals surface area (Å²) in [6.45, 7) is -3.92.